The van der Waals surface area contributed by atoms with E-state index in [1.54, 1.807) is 0 Å². The van der Waals surface area contributed by atoms with Crippen molar-refractivity contribution < 1.29 is 0 Å². The highest BCUT2D eigenvalue weighted by atomic mass is 15.5. The minimum atomic E-state index is 0.310. The van der Waals surface area contributed by atoms with E-state index in [4.69, 9.17) is 0 Å². The van der Waals surface area contributed by atoms with Gasteiger partial charge in [0.05, 0.1) is 11.8 Å². The molecular weight excluding hydrogens is 172 g/mol. The van der Waals surface area contributed by atoms with Crippen molar-refractivity contribution in [2.45, 2.75) is 13.0 Å². The van der Waals surface area contributed by atoms with Crippen LogP contribution in [0.15, 0.2) is 47.6 Å². The molecule has 1 aliphatic rings. The van der Waals surface area contributed by atoms with Crippen molar-refractivity contribution in [3.63, 3.8) is 0 Å². The van der Waals surface area contributed by atoms with Gasteiger partial charge in [-0.1, -0.05) is 36.9 Å². The minimum Gasteiger partial charge on any atom is -0.292 e. The van der Waals surface area contributed by atoms with Gasteiger partial charge in [0.25, 0.3) is 0 Å². The first-order valence-corrected chi connectivity index (χ1v) is 4.76. The average Bonchev–Trinajstić information content (AvgIpc) is 2.47. The van der Waals surface area contributed by atoms with Gasteiger partial charge in [0, 0.05) is 12.6 Å². The molecule has 1 unspecified atom stereocenters. The Balaban J connectivity index is 2.38. The van der Waals surface area contributed by atoms with Crippen LogP contribution in [0.5, 0.6) is 0 Å². The van der Waals surface area contributed by atoms with Crippen LogP contribution in [-0.4, -0.2) is 23.8 Å². The number of hydrogen-bond donors (Lipinski definition) is 0. The minimum absolute atomic E-state index is 0.310. The third-order valence-corrected chi connectivity index (χ3v) is 2.67. The molecule has 0 aromatic heterocycles. The molecule has 14 heavy (non-hydrogen) atoms. The highest BCUT2D eigenvalue weighted by Gasteiger charge is 2.24. The fourth-order valence-electron chi connectivity index (χ4n) is 1.57. The van der Waals surface area contributed by atoms with Crippen molar-refractivity contribution in [1.82, 2.24) is 5.01 Å². The molecule has 0 fully saturated rings. The van der Waals surface area contributed by atoms with E-state index in [1.807, 2.05) is 30.3 Å². The molecule has 1 aliphatic heterocycles. The second kappa shape index (κ2) is 3.29. The maximum Gasteiger partial charge on any atom is 0.0951 e. The standard InChI is InChI=1S/C12H14N2/c1-9-10(2)14(3)13-12(9)11-7-5-4-6-8-11/h4-8,10H,1H2,2-3H3. The number of nitrogens with zero attached hydrogens (tertiary/aromatic N) is 2. The van der Waals surface area contributed by atoms with Crippen molar-refractivity contribution in [3.8, 4) is 0 Å². The van der Waals surface area contributed by atoms with E-state index in [-0.39, 0.29) is 0 Å². The van der Waals surface area contributed by atoms with Crippen LogP contribution in [-0.2, 0) is 0 Å². The van der Waals surface area contributed by atoms with Crippen molar-refractivity contribution in [2.75, 3.05) is 7.05 Å². The third-order valence-electron chi connectivity index (χ3n) is 2.67. The summed E-state index contributed by atoms with van der Waals surface area (Å²) in [6.07, 6.45) is 0. The molecule has 2 rings (SSSR count). The van der Waals surface area contributed by atoms with Crippen LogP contribution >= 0.6 is 0 Å². The summed E-state index contributed by atoms with van der Waals surface area (Å²) in [5, 5.41) is 6.42. The highest BCUT2D eigenvalue weighted by Crippen LogP contribution is 2.21. The predicted molar refractivity (Wildman–Crippen MR) is 59.3 cm³/mol. The van der Waals surface area contributed by atoms with Gasteiger partial charge in [0.1, 0.15) is 0 Å². The lowest BCUT2D eigenvalue weighted by molar-refractivity contribution is 0.328. The van der Waals surface area contributed by atoms with Gasteiger partial charge in [-0.15, -0.1) is 0 Å². The Morgan fingerprint density at radius 3 is 2.43 bits per heavy atom. The normalized spacial score (nSPS) is 21.3. The van der Waals surface area contributed by atoms with Crippen LogP contribution in [0, 0.1) is 0 Å². The molecule has 1 aromatic carbocycles. The zero-order valence-electron chi connectivity index (χ0n) is 8.57. The molecule has 1 atom stereocenters. The first-order valence-electron chi connectivity index (χ1n) is 4.76. The summed E-state index contributed by atoms with van der Waals surface area (Å²) in [4.78, 5) is 0. The number of hydrogen-bond acceptors (Lipinski definition) is 2. The molecular formula is C12H14N2. The van der Waals surface area contributed by atoms with E-state index in [1.165, 1.54) is 0 Å². The maximum atomic E-state index is 4.47. The molecule has 1 aromatic rings. The van der Waals surface area contributed by atoms with E-state index >= 15 is 0 Å². The summed E-state index contributed by atoms with van der Waals surface area (Å²) in [5.41, 5.74) is 3.26. The topological polar surface area (TPSA) is 15.6 Å². The Kier molecular flexibility index (Phi) is 2.12. The lowest BCUT2D eigenvalue weighted by Gasteiger charge is -2.13. The van der Waals surface area contributed by atoms with Crippen LogP contribution < -0.4 is 0 Å². The molecule has 72 valence electrons. The maximum absolute atomic E-state index is 4.47. The fraction of sp³-hybridized carbons (Fsp3) is 0.250. The van der Waals surface area contributed by atoms with Gasteiger partial charge < -0.3 is 0 Å². The van der Waals surface area contributed by atoms with Gasteiger partial charge in [0.15, 0.2) is 0 Å². The summed E-state index contributed by atoms with van der Waals surface area (Å²) < 4.78 is 0. The second-order valence-electron chi connectivity index (χ2n) is 3.59. The Hall–Kier alpha value is -1.57. The molecule has 2 nitrogen and oxygen atoms in total. The number of hydrazone groups is 1. The van der Waals surface area contributed by atoms with Gasteiger partial charge in [-0.2, -0.15) is 5.10 Å². The molecule has 0 N–H and O–H groups in total. The first kappa shape index (κ1) is 9.00. The van der Waals surface area contributed by atoms with Crippen LogP contribution in [0.1, 0.15) is 12.5 Å². The summed E-state index contributed by atoms with van der Waals surface area (Å²) in [7, 11) is 1.98. The van der Waals surface area contributed by atoms with Gasteiger partial charge in [0.2, 0.25) is 0 Å². The summed E-state index contributed by atoms with van der Waals surface area (Å²) in [6, 6.07) is 10.5. The molecule has 0 bridgehead atoms. The smallest absolute Gasteiger partial charge is 0.0951 e. The van der Waals surface area contributed by atoms with Crippen LogP contribution in [0.25, 0.3) is 0 Å². The molecule has 0 radical (unpaired) electrons. The van der Waals surface area contributed by atoms with E-state index in [0.29, 0.717) is 6.04 Å². The van der Waals surface area contributed by atoms with Crippen molar-refractivity contribution in [2.24, 2.45) is 5.10 Å². The Bertz CT molecular complexity index is 379. The lowest BCUT2D eigenvalue weighted by atomic mass is 10.0. The monoisotopic (exact) mass is 186 g/mol. The predicted octanol–water partition coefficient (Wildman–Crippen LogP) is 2.28. The number of benzene rings is 1. The summed E-state index contributed by atoms with van der Waals surface area (Å²) in [5.74, 6) is 0. The molecule has 0 spiro atoms. The molecule has 0 saturated heterocycles. The summed E-state index contributed by atoms with van der Waals surface area (Å²) >= 11 is 0. The summed E-state index contributed by atoms with van der Waals surface area (Å²) in [6.45, 7) is 6.18. The highest BCUT2D eigenvalue weighted by molar-refractivity contribution is 6.13. The molecule has 2 heteroatoms. The molecule has 0 saturated carbocycles. The van der Waals surface area contributed by atoms with Gasteiger partial charge >= 0.3 is 0 Å². The average molecular weight is 186 g/mol. The van der Waals surface area contributed by atoms with Crippen LogP contribution in [0.2, 0.25) is 0 Å². The zero-order valence-corrected chi connectivity index (χ0v) is 8.57. The van der Waals surface area contributed by atoms with E-state index in [9.17, 15) is 0 Å². The van der Waals surface area contributed by atoms with E-state index < -0.39 is 0 Å². The zero-order chi connectivity index (χ0) is 10.1. The SMILES string of the molecule is C=C1C(c2ccccc2)=NN(C)C1C. The molecule has 1 heterocycles. The van der Waals surface area contributed by atoms with Crippen molar-refractivity contribution in [3.05, 3.63) is 48.0 Å². The fourth-order valence-corrected chi connectivity index (χ4v) is 1.57. The second-order valence-corrected chi connectivity index (χ2v) is 3.59. The van der Waals surface area contributed by atoms with Gasteiger partial charge in [-0.3, -0.25) is 5.01 Å². The quantitative estimate of drug-likeness (QED) is 0.657. The van der Waals surface area contributed by atoms with Gasteiger partial charge in [-0.25, -0.2) is 0 Å². The first-order chi connectivity index (χ1) is 6.70. The number of likely N-dealkylation sites (N-methyl/N-ethyl adjacent to an activating group) is 1. The number of rotatable bonds is 1. The molecule has 0 amide bonds. The van der Waals surface area contributed by atoms with E-state index in [2.05, 4.69) is 30.7 Å². The van der Waals surface area contributed by atoms with Crippen molar-refractivity contribution in [1.29, 1.82) is 0 Å². The van der Waals surface area contributed by atoms with Crippen LogP contribution in [0.4, 0.5) is 0 Å². The van der Waals surface area contributed by atoms with Crippen molar-refractivity contribution >= 4 is 5.71 Å². The Labute approximate surface area is 84.6 Å². The lowest BCUT2D eigenvalue weighted by Crippen LogP contribution is -2.19. The third kappa shape index (κ3) is 1.33. The molecule has 0 aliphatic carbocycles. The Morgan fingerprint density at radius 2 is 1.93 bits per heavy atom. The van der Waals surface area contributed by atoms with Crippen LogP contribution in [0.3, 0.4) is 0 Å². The van der Waals surface area contributed by atoms with E-state index in [0.717, 1.165) is 16.8 Å². The van der Waals surface area contributed by atoms with Gasteiger partial charge in [-0.05, 0) is 12.5 Å². The largest absolute Gasteiger partial charge is 0.292 e. The Morgan fingerprint density at radius 1 is 1.29 bits per heavy atom.